The summed E-state index contributed by atoms with van der Waals surface area (Å²) in [5.74, 6) is 0.715. The maximum atomic E-state index is 3.83. The lowest BCUT2D eigenvalue weighted by Crippen LogP contribution is -3.00. The molecule has 0 aliphatic carbocycles. The molecule has 0 aromatic heterocycles. The Bertz CT molecular complexity index is 151. The molecule has 1 rings (SSSR count). The van der Waals surface area contributed by atoms with Gasteiger partial charge in [0.05, 0.1) is 27.7 Å². The van der Waals surface area contributed by atoms with Crippen molar-refractivity contribution in [2.75, 3.05) is 34.2 Å². The topological polar surface area (TPSA) is 3.24 Å². The maximum Gasteiger partial charge on any atom is 0.0855 e. The third-order valence-corrected chi connectivity index (χ3v) is 2.39. The van der Waals surface area contributed by atoms with Crippen LogP contribution in [0.5, 0.6) is 0 Å². The summed E-state index contributed by atoms with van der Waals surface area (Å²) in [4.78, 5) is 0. The van der Waals surface area contributed by atoms with Crippen molar-refractivity contribution < 1.29 is 17.0 Å². The van der Waals surface area contributed by atoms with Crippen LogP contribution >= 0.6 is 0 Å². The zero-order valence-corrected chi connectivity index (χ0v) is 9.01. The molecule has 72 valence electrons. The van der Waals surface area contributed by atoms with Gasteiger partial charge in [-0.2, -0.15) is 5.01 Å². The van der Waals surface area contributed by atoms with Gasteiger partial charge in [0, 0.05) is 6.54 Å². The fourth-order valence-corrected chi connectivity index (χ4v) is 1.51. The first kappa shape index (κ1) is 11.9. The molecule has 2 nitrogen and oxygen atoms in total. The van der Waals surface area contributed by atoms with Gasteiger partial charge in [0.25, 0.3) is 0 Å². The van der Waals surface area contributed by atoms with Gasteiger partial charge in [-0.15, -0.1) is 6.58 Å². The SMILES string of the molecule is C=CC1CCN([N+](C)(C)C)C1.[Cl-]. The molecular weight excluding hydrogens is 172 g/mol. The van der Waals surface area contributed by atoms with Gasteiger partial charge in [0.2, 0.25) is 0 Å². The molecule has 1 saturated heterocycles. The Kier molecular flexibility index (Phi) is 4.24. The Morgan fingerprint density at radius 3 is 2.25 bits per heavy atom. The minimum atomic E-state index is 0. The molecule has 1 atom stereocenters. The van der Waals surface area contributed by atoms with Crippen LogP contribution in [0, 0.1) is 5.92 Å². The molecule has 3 heteroatoms. The molecule has 0 bridgehead atoms. The molecule has 12 heavy (non-hydrogen) atoms. The van der Waals surface area contributed by atoms with Crippen molar-refractivity contribution in [2.24, 2.45) is 5.92 Å². The minimum absolute atomic E-state index is 0. The second kappa shape index (κ2) is 4.26. The molecule has 1 fully saturated rings. The molecule has 0 amide bonds. The molecule has 0 radical (unpaired) electrons. The van der Waals surface area contributed by atoms with E-state index in [-0.39, 0.29) is 12.4 Å². The Balaban J connectivity index is 0.00000121. The smallest absolute Gasteiger partial charge is 0.0855 e. The average molecular weight is 191 g/mol. The van der Waals surface area contributed by atoms with E-state index < -0.39 is 0 Å². The molecule has 1 aliphatic heterocycles. The van der Waals surface area contributed by atoms with E-state index in [2.05, 4.69) is 38.8 Å². The molecule has 1 aliphatic rings. The van der Waals surface area contributed by atoms with Gasteiger partial charge in [-0.25, -0.2) is 0 Å². The van der Waals surface area contributed by atoms with Gasteiger partial charge in [-0.1, -0.05) is 6.08 Å². The summed E-state index contributed by atoms with van der Waals surface area (Å²) >= 11 is 0. The molecule has 0 aromatic rings. The van der Waals surface area contributed by atoms with Crippen molar-refractivity contribution in [3.63, 3.8) is 0 Å². The number of halogens is 1. The van der Waals surface area contributed by atoms with Crippen LogP contribution in [-0.4, -0.2) is 43.8 Å². The Hall–Kier alpha value is -0.0500. The van der Waals surface area contributed by atoms with Crippen LogP contribution in [0.3, 0.4) is 0 Å². The van der Waals surface area contributed by atoms with Crippen molar-refractivity contribution in [1.29, 1.82) is 0 Å². The third kappa shape index (κ3) is 2.77. The molecule has 0 N–H and O–H groups in total. The first-order valence-electron chi connectivity index (χ1n) is 4.23. The third-order valence-electron chi connectivity index (χ3n) is 2.39. The average Bonchev–Trinajstić information content (AvgIpc) is 2.32. The number of rotatable bonds is 2. The molecule has 1 unspecified atom stereocenters. The van der Waals surface area contributed by atoms with Gasteiger partial charge < -0.3 is 12.4 Å². The summed E-state index contributed by atoms with van der Waals surface area (Å²) in [5.41, 5.74) is 0. The van der Waals surface area contributed by atoms with Crippen molar-refractivity contribution in [3.8, 4) is 0 Å². The predicted octanol–water partition coefficient (Wildman–Crippen LogP) is -1.88. The zero-order chi connectivity index (χ0) is 8.48. The fraction of sp³-hybridized carbons (Fsp3) is 0.778. The molecular formula is C9H19ClN2. The van der Waals surface area contributed by atoms with E-state index in [9.17, 15) is 0 Å². The van der Waals surface area contributed by atoms with E-state index in [1.165, 1.54) is 19.5 Å². The highest BCUT2D eigenvalue weighted by Gasteiger charge is 2.29. The van der Waals surface area contributed by atoms with Crippen molar-refractivity contribution >= 4 is 0 Å². The summed E-state index contributed by atoms with van der Waals surface area (Å²) in [6, 6.07) is 0. The van der Waals surface area contributed by atoms with Gasteiger partial charge in [-0.3, -0.25) is 4.59 Å². The van der Waals surface area contributed by atoms with Gasteiger partial charge in [0.1, 0.15) is 0 Å². The highest BCUT2D eigenvalue weighted by molar-refractivity contribution is 4.84. The lowest BCUT2D eigenvalue weighted by atomic mass is 10.1. The highest BCUT2D eigenvalue weighted by atomic mass is 35.5. The van der Waals surface area contributed by atoms with E-state index in [4.69, 9.17) is 0 Å². The van der Waals surface area contributed by atoms with E-state index >= 15 is 0 Å². The number of quaternary nitrogens is 1. The van der Waals surface area contributed by atoms with Crippen LogP contribution in [0.15, 0.2) is 12.7 Å². The molecule has 0 saturated carbocycles. The van der Waals surface area contributed by atoms with E-state index in [1.54, 1.807) is 0 Å². The van der Waals surface area contributed by atoms with Crippen LogP contribution in [0.4, 0.5) is 0 Å². The normalized spacial score (nSPS) is 25.1. The van der Waals surface area contributed by atoms with Crippen LogP contribution in [-0.2, 0) is 0 Å². The van der Waals surface area contributed by atoms with E-state index in [0.717, 1.165) is 4.59 Å². The predicted molar refractivity (Wildman–Crippen MR) is 47.9 cm³/mol. The second-order valence-electron chi connectivity index (χ2n) is 4.14. The van der Waals surface area contributed by atoms with E-state index in [0.29, 0.717) is 5.92 Å². The quantitative estimate of drug-likeness (QED) is 0.364. The van der Waals surface area contributed by atoms with Gasteiger partial charge in [0.15, 0.2) is 0 Å². The van der Waals surface area contributed by atoms with Crippen LogP contribution < -0.4 is 12.4 Å². The Labute approximate surface area is 81.8 Å². The number of hydrogen-bond donors (Lipinski definition) is 0. The van der Waals surface area contributed by atoms with Gasteiger partial charge in [-0.05, 0) is 12.3 Å². The van der Waals surface area contributed by atoms with Crippen molar-refractivity contribution in [3.05, 3.63) is 12.7 Å². The second-order valence-corrected chi connectivity index (χ2v) is 4.14. The van der Waals surface area contributed by atoms with Crippen LogP contribution in [0.1, 0.15) is 6.42 Å². The molecule has 0 spiro atoms. The van der Waals surface area contributed by atoms with Crippen molar-refractivity contribution in [1.82, 2.24) is 5.01 Å². The van der Waals surface area contributed by atoms with Crippen molar-refractivity contribution in [2.45, 2.75) is 6.42 Å². The van der Waals surface area contributed by atoms with E-state index in [1.807, 2.05) is 0 Å². The zero-order valence-electron chi connectivity index (χ0n) is 8.26. The largest absolute Gasteiger partial charge is 1.00 e. The molecule has 1 heterocycles. The Morgan fingerprint density at radius 2 is 2.00 bits per heavy atom. The fourth-order valence-electron chi connectivity index (χ4n) is 1.51. The highest BCUT2D eigenvalue weighted by Crippen LogP contribution is 2.19. The summed E-state index contributed by atoms with van der Waals surface area (Å²) in [7, 11) is 6.64. The maximum absolute atomic E-state index is 3.83. The number of nitrogens with zero attached hydrogens (tertiary/aromatic N) is 2. The monoisotopic (exact) mass is 190 g/mol. The van der Waals surface area contributed by atoms with Crippen LogP contribution in [0.2, 0.25) is 0 Å². The summed E-state index contributed by atoms with van der Waals surface area (Å²) in [5, 5.41) is 2.46. The molecule has 0 aromatic carbocycles. The van der Waals surface area contributed by atoms with Crippen LogP contribution in [0.25, 0.3) is 0 Å². The Morgan fingerprint density at radius 1 is 1.42 bits per heavy atom. The number of hydrogen-bond acceptors (Lipinski definition) is 1. The first-order chi connectivity index (χ1) is 5.04. The lowest BCUT2D eigenvalue weighted by molar-refractivity contribution is -0.985. The summed E-state index contributed by atoms with van der Waals surface area (Å²) in [6.07, 6.45) is 3.36. The lowest BCUT2D eigenvalue weighted by Gasteiger charge is -2.33. The summed E-state index contributed by atoms with van der Waals surface area (Å²) < 4.78 is 0.949. The standard InChI is InChI=1S/C9H19N2.ClH/c1-5-9-6-7-10(8-9)11(2,3)4;/h5,9H,1,6-8H2,2-4H3;1H/q+1;/p-1. The van der Waals surface area contributed by atoms with Gasteiger partial charge >= 0.3 is 0 Å². The summed E-state index contributed by atoms with van der Waals surface area (Å²) in [6.45, 7) is 6.21. The minimum Gasteiger partial charge on any atom is -1.00 e. The first-order valence-corrected chi connectivity index (χ1v) is 4.23.